The van der Waals surface area contributed by atoms with Crippen LogP contribution in [0, 0.1) is 10.1 Å². The molecule has 108 valence electrons. The quantitative estimate of drug-likeness (QED) is 0.458. The number of nitro groups is 1. The predicted octanol–water partition coefficient (Wildman–Crippen LogP) is 3.91. The molecule has 0 saturated heterocycles. The van der Waals surface area contributed by atoms with E-state index in [1.807, 2.05) is 0 Å². The van der Waals surface area contributed by atoms with Gasteiger partial charge in [0.25, 0.3) is 5.69 Å². The fourth-order valence-electron chi connectivity index (χ4n) is 1.84. The van der Waals surface area contributed by atoms with Crippen molar-refractivity contribution in [3.63, 3.8) is 0 Å². The van der Waals surface area contributed by atoms with E-state index >= 15 is 0 Å². The lowest BCUT2D eigenvalue weighted by Crippen LogP contribution is -2.04. The summed E-state index contributed by atoms with van der Waals surface area (Å²) in [6.07, 6.45) is 1.27. The third-order valence-electron chi connectivity index (χ3n) is 2.97. The fourth-order valence-corrected chi connectivity index (χ4v) is 1.84. The monoisotopic (exact) mass is 285 g/mol. The topological polar surface area (TPSA) is 61.6 Å². The first kappa shape index (κ1) is 14.6. The summed E-state index contributed by atoms with van der Waals surface area (Å²) >= 11 is 0. The Morgan fingerprint density at radius 2 is 1.67 bits per heavy atom. The number of non-ortho nitro benzene ring substituents is 1. The van der Waals surface area contributed by atoms with Crippen LogP contribution in [-0.2, 0) is 0 Å². The Labute approximate surface area is 122 Å². The first-order chi connectivity index (χ1) is 10.1. The summed E-state index contributed by atoms with van der Waals surface area (Å²) in [5, 5.41) is 10.6. The summed E-state index contributed by atoms with van der Waals surface area (Å²) in [4.78, 5) is 10.2. The van der Waals surface area contributed by atoms with Crippen molar-refractivity contribution in [1.82, 2.24) is 0 Å². The van der Waals surface area contributed by atoms with Crippen molar-refractivity contribution in [3.8, 4) is 11.5 Å². The van der Waals surface area contributed by atoms with E-state index in [1.165, 1.54) is 12.1 Å². The van der Waals surface area contributed by atoms with Crippen LogP contribution >= 0.6 is 0 Å². The van der Waals surface area contributed by atoms with Crippen molar-refractivity contribution in [1.29, 1.82) is 0 Å². The van der Waals surface area contributed by atoms with E-state index in [2.05, 4.69) is 6.58 Å². The van der Waals surface area contributed by atoms with Crippen LogP contribution in [-0.4, -0.2) is 12.0 Å². The van der Waals surface area contributed by atoms with Crippen LogP contribution in [0.1, 0.15) is 11.7 Å². The Morgan fingerprint density at radius 1 is 1.10 bits per heavy atom. The van der Waals surface area contributed by atoms with Gasteiger partial charge in [0.05, 0.1) is 12.0 Å². The molecule has 2 aromatic carbocycles. The molecule has 2 rings (SSSR count). The SMILES string of the molecule is C=CC(Oc1ccc(OC)cc1)c1ccc([N+](=O)[O-])cc1. The zero-order chi connectivity index (χ0) is 15.2. The molecule has 0 aliphatic rings. The summed E-state index contributed by atoms with van der Waals surface area (Å²) in [5.41, 5.74) is 0.845. The molecule has 5 heteroatoms. The van der Waals surface area contributed by atoms with Gasteiger partial charge in [-0.25, -0.2) is 0 Å². The van der Waals surface area contributed by atoms with Crippen LogP contribution < -0.4 is 9.47 Å². The zero-order valence-electron chi connectivity index (χ0n) is 11.6. The number of ether oxygens (including phenoxy) is 2. The van der Waals surface area contributed by atoms with Crippen LogP contribution in [0.25, 0.3) is 0 Å². The molecule has 0 amide bonds. The van der Waals surface area contributed by atoms with Gasteiger partial charge in [-0.2, -0.15) is 0 Å². The van der Waals surface area contributed by atoms with Gasteiger partial charge >= 0.3 is 0 Å². The summed E-state index contributed by atoms with van der Waals surface area (Å²) in [6, 6.07) is 13.4. The molecule has 1 atom stereocenters. The Hall–Kier alpha value is -2.82. The number of rotatable bonds is 6. The number of benzene rings is 2. The Morgan fingerprint density at radius 3 is 2.14 bits per heavy atom. The lowest BCUT2D eigenvalue weighted by molar-refractivity contribution is -0.384. The molecule has 0 aromatic heterocycles. The van der Waals surface area contributed by atoms with Crippen LogP contribution in [0.15, 0.2) is 61.2 Å². The third-order valence-corrected chi connectivity index (χ3v) is 2.97. The Kier molecular flexibility index (Phi) is 4.56. The average Bonchev–Trinajstić information content (AvgIpc) is 2.53. The van der Waals surface area contributed by atoms with Gasteiger partial charge in [0.1, 0.15) is 17.6 Å². The number of nitro benzene ring substituents is 1. The van der Waals surface area contributed by atoms with Gasteiger partial charge in [-0.05, 0) is 48.0 Å². The van der Waals surface area contributed by atoms with E-state index in [4.69, 9.17) is 9.47 Å². The molecule has 0 fully saturated rings. The largest absolute Gasteiger partial charge is 0.497 e. The summed E-state index contributed by atoms with van der Waals surface area (Å²) in [6.45, 7) is 3.74. The molecule has 0 heterocycles. The second-order valence-corrected chi connectivity index (χ2v) is 4.30. The van der Waals surface area contributed by atoms with Crippen LogP contribution in [0.3, 0.4) is 0 Å². The Balaban J connectivity index is 2.14. The van der Waals surface area contributed by atoms with E-state index in [9.17, 15) is 10.1 Å². The highest BCUT2D eigenvalue weighted by Gasteiger charge is 2.12. The van der Waals surface area contributed by atoms with E-state index in [1.54, 1.807) is 49.6 Å². The smallest absolute Gasteiger partial charge is 0.269 e. The van der Waals surface area contributed by atoms with Gasteiger partial charge in [0.15, 0.2) is 0 Å². The zero-order valence-corrected chi connectivity index (χ0v) is 11.6. The van der Waals surface area contributed by atoms with Crippen molar-refractivity contribution in [2.45, 2.75) is 6.10 Å². The third kappa shape index (κ3) is 3.60. The first-order valence-electron chi connectivity index (χ1n) is 6.31. The highest BCUT2D eigenvalue weighted by atomic mass is 16.6. The molecule has 1 unspecified atom stereocenters. The number of hydrogen-bond donors (Lipinski definition) is 0. The number of methoxy groups -OCH3 is 1. The van der Waals surface area contributed by atoms with Gasteiger partial charge < -0.3 is 9.47 Å². The molecule has 21 heavy (non-hydrogen) atoms. The van der Waals surface area contributed by atoms with Crippen molar-refractivity contribution >= 4 is 5.69 Å². The van der Waals surface area contributed by atoms with Gasteiger partial charge in [-0.15, -0.1) is 0 Å². The average molecular weight is 285 g/mol. The molecule has 0 aliphatic carbocycles. The molecular weight excluding hydrogens is 270 g/mol. The predicted molar refractivity (Wildman–Crippen MR) is 79.7 cm³/mol. The number of hydrogen-bond acceptors (Lipinski definition) is 4. The van der Waals surface area contributed by atoms with Crippen molar-refractivity contribution in [2.24, 2.45) is 0 Å². The molecule has 2 aromatic rings. The Bertz CT molecular complexity index is 620. The van der Waals surface area contributed by atoms with Crippen molar-refractivity contribution in [2.75, 3.05) is 7.11 Å². The second kappa shape index (κ2) is 6.56. The molecule has 5 nitrogen and oxygen atoms in total. The fraction of sp³-hybridized carbons (Fsp3) is 0.125. The maximum absolute atomic E-state index is 10.6. The highest BCUT2D eigenvalue weighted by Crippen LogP contribution is 2.26. The molecule has 0 N–H and O–H groups in total. The van der Waals surface area contributed by atoms with Gasteiger partial charge in [0.2, 0.25) is 0 Å². The molecule has 0 bridgehead atoms. The molecule has 0 saturated carbocycles. The van der Waals surface area contributed by atoms with E-state index in [0.717, 1.165) is 11.3 Å². The molecular formula is C16H15NO4. The van der Waals surface area contributed by atoms with E-state index in [0.29, 0.717) is 5.75 Å². The summed E-state index contributed by atoms with van der Waals surface area (Å²) in [5.74, 6) is 1.41. The molecule has 0 radical (unpaired) electrons. The van der Waals surface area contributed by atoms with E-state index in [-0.39, 0.29) is 11.8 Å². The maximum atomic E-state index is 10.6. The van der Waals surface area contributed by atoms with Gasteiger partial charge in [-0.1, -0.05) is 6.58 Å². The standard InChI is InChI=1S/C16H15NO4/c1-3-16(12-4-6-13(7-5-12)17(18)19)21-15-10-8-14(20-2)9-11-15/h3-11,16H,1H2,2H3. The van der Waals surface area contributed by atoms with Crippen LogP contribution in [0.5, 0.6) is 11.5 Å². The van der Waals surface area contributed by atoms with Crippen LogP contribution in [0.2, 0.25) is 0 Å². The van der Waals surface area contributed by atoms with Gasteiger partial charge in [0, 0.05) is 12.1 Å². The van der Waals surface area contributed by atoms with Crippen molar-refractivity contribution < 1.29 is 14.4 Å². The second-order valence-electron chi connectivity index (χ2n) is 4.30. The molecule has 0 spiro atoms. The van der Waals surface area contributed by atoms with Crippen LogP contribution in [0.4, 0.5) is 5.69 Å². The van der Waals surface area contributed by atoms with Gasteiger partial charge in [-0.3, -0.25) is 10.1 Å². The highest BCUT2D eigenvalue weighted by molar-refractivity contribution is 5.36. The lowest BCUT2D eigenvalue weighted by atomic mass is 10.1. The minimum atomic E-state index is -0.434. The molecule has 0 aliphatic heterocycles. The first-order valence-corrected chi connectivity index (χ1v) is 6.31. The lowest BCUT2D eigenvalue weighted by Gasteiger charge is -2.16. The van der Waals surface area contributed by atoms with Crippen molar-refractivity contribution in [3.05, 3.63) is 76.9 Å². The maximum Gasteiger partial charge on any atom is 0.269 e. The minimum Gasteiger partial charge on any atom is -0.497 e. The number of nitrogens with zero attached hydrogens (tertiary/aromatic N) is 1. The normalized spacial score (nSPS) is 11.5. The summed E-state index contributed by atoms with van der Waals surface area (Å²) in [7, 11) is 1.60. The van der Waals surface area contributed by atoms with E-state index < -0.39 is 4.92 Å². The minimum absolute atomic E-state index is 0.0472. The summed E-state index contributed by atoms with van der Waals surface area (Å²) < 4.78 is 10.9.